The zero-order valence-electron chi connectivity index (χ0n) is 16.0. The number of carboxylic acids is 1. The Bertz CT molecular complexity index is 1220. The molecule has 0 spiro atoms. The van der Waals surface area contributed by atoms with E-state index in [2.05, 4.69) is 42.1 Å². The lowest BCUT2D eigenvalue weighted by Gasteiger charge is -2.10. The van der Waals surface area contributed by atoms with Gasteiger partial charge in [0, 0.05) is 25.8 Å². The second-order valence-corrected chi connectivity index (χ2v) is 9.37. The number of aromatic carboxylic acids is 1. The van der Waals surface area contributed by atoms with Crippen LogP contribution < -0.4 is 0 Å². The number of hydrogen-bond donors (Lipinski definition) is 1. The summed E-state index contributed by atoms with van der Waals surface area (Å²) in [5, 5.41) is 18.4. The highest BCUT2D eigenvalue weighted by Crippen LogP contribution is 2.32. The predicted octanol–water partition coefficient (Wildman–Crippen LogP) is 6.72. The van der Waals surface area contributed by atoms with Gasteiger partial charge in [0.2, 0.25) is 5.16 Å². The Hall–Kier alpha value is -2.55. The molecule has 0 fully saturated rings. The van der Waals surface area contributed by atoms with E-state index in [0.29, 0.717) is 16.6 Å². The van der Waals surface area contributed by atoms with Gasteiger partial charge in [-0.1, -0.05) is 80.0 Å². The van der Waals surface area contributed by atoms with Crippen molar-refractivity contribution in [2.24, 2.45) is 0 Å². The molecular weight excluding hydrogens is 542 g/mol. The van der Waals surface area contributed by atoms with Crippen LogP contribution in [0.1, 0.15) is 15.9 Å². The molecule has 0 aliphatic carbocycles. The standard InChI is InChI=1S/C23H15Br2N3O2S/c24-18-9-5-15(6-10-18)20-21(16-7-11-19(25)12-8-16)27-28-23(26-20)31-13-14-1-3-17(4-2-14)22(29)30/h1-12H,13H2,(H,29,30). The monoisotopic (exact) mass is 555 g/mol. The maximum Gasteiger partial charge on any atom is 0.335 e. The maximum atomic E-state index is 11.0. The van der Waals surface area contributed by atoms with Crippen molar-refractivity contribution in [3.63, 3.8) is 0 Å². The van der Waals surface area contributed by atoms with Crippen molar-refractivity contribution < 1.29 is 9.90 Å². The molecule has 0 unspecified atom stereocenters. The van der Waals surface area contributed by atoms with E-state index in [1.54, 1.807) is 24.3 Å². The molecule has 4 aromatic rings. The van der Waals surface area contributed by atoms with E-state index in [1.807, 2.05) is 48.5 Å². The van der Waals surface area contributed by atoms with Crippen LogP contribution in [0, 0.1) is 0 Å². The molecule has 0 aliphatic rings. The van der Waals surface area contributed by atoms with Crippen molar-refractivity contribution in [1.29, 1.82) is 0 Å². The van der Waals surface area contributed by atoms with Crippen LogP contribution in [0.4, 0.5) is 0 Å². The number of aromatic nitrogens is 3. The van der Waals surface area contributed by atoms with Crippen LogP contribution in [0.3, 0.4) is 0 Å². The maximum absolute atomic E-state index is 11.0. The van der Waals surface area contributed by atoms with Gasteiger partial charge in [0.05, 0.1) is 5.56 Å². The summed E-state index contributed by atoms with van der Waals surface area (Å²) in [4.78, 5) is 15.8. The Balaban J connectivity index is 1.65. The fourth-order valence-corrected chi connectivity index (χ4v) is 4.15. The first-order valence-corrected chi connectivity index (χ1v) is 11.8. The van der Waals surface area contributed by atoms with Gasteiger partial charge in [0.1, 0.15) is 11.4 Å². The molecule has 1 heterocycles. The molecule has 0 saturated carbocycles. The Labute approximate surface area is 200 Å². The quantitative estimate of drug-likeness (QED) is 0.266. The summed E-state index contributed by atoms with van der Waals surface area (Å²) in [5.74, 6) is -0.326. The van der Waals surface area contributed by atoms with Gasteiger partial charge in [-0.2, -0.15) is 0 Å². The minimum absolute atomic E-state index is 0.267. The number of hydrogen-bond acceptors (Lipinski definition) is 5. The third kappa shape index (κ3) is 5.39. The lowest BCUT2D eigenvalue weighted by atomic mass is 10.0. The Morgan fingerprint density at radius 1 is 0.774 bits per heavy atom. The number of thioether (sulfide) groups is 1. The van der Waals surface area contributed by atoms with E-state index in [0.717, 1.165) is 31.3 Å². The SMILES string of the molecule is O=C(O)c1ccc(CSc2nnc(-c3ccc(Br)cc3)c(-c3ccc(Br)cc3)n2)cc1. The first kappa shape index (κ1) is 21.7. The number of rotatable bonds is 6. The van der Waals surface area contributed by atoms with Crippen LogP contribution in [-0.2, 0) is 5.75 Å². The molecule has 31 heavy (non-hydrogen) atoms. The molecular formula is C23H15Br2N3O2S. The molecule has 0 bridgehead atoms. The fraction of sp³-hybridized carbons (Fsp3) is 0.0435. The summed E-state index contributed by atoms with van der Waals surface area (Å²) >= 11 is 8.39. The Morgan fingerprint density at radius 3 is 1.87 bits per heavy atom. The van der Waals surface area contributed by atoms with E-state index in [9.17, 15) is 4.79 Å². The first-order valence-electron chi connectivity index (χ1n) is 9.21. The molecule has 0 saturated heterocycles. The van der Waals surface area contributed by atoms with Gasteiger partial charge in [0.25, 0.3) is 0 Å². The van der Waals surface area contributed by atoms with Gasteiger partial charge in [0.15, 0.2) is 0 Å². The fourth-order valence-electron chi connectivity index (χ4n) is 2.87. The van der Waals surface area contributed by atoms with E-state index < -0.39 is 5.97 Å². The normalized spacial score (nSPS) is 10.8. The smallest absolute Gasteiger partial charge is 0.335 e. The van der Waals surface area contributed by atoms with Gasteiger partial charge in [-0.05, 0) is 42.0 Å². The van der Waals surface area contributed by atoms with Crippen molar-refractivity contribution in [1.82, 2.24) is 15.2 Å². The molecule has 5 nitrogen and oxygen atoms in total. The Morgan fingerprint density at radius 2 is 1.32 bits per heavy atom. The summed E-state index contributed by atoms with van der Waals surface area (Å²) in [6.07, 6.45) is 0. The zero-order valence-corrected chi connectivity index (χ0v) is 20.0. The summed E-state index contributed by atoms with van der Waals surface area (Å²) < 4.78 is 1.98. The number of carbonyl (C=O) groups is 1. The van der Waals surface area contributed by atoms with Gasteiger partial charge < -0.3 is 5.11 Å². The second-order valence-electron chi connectivity index (χ2n) is 6.60. The van der Waals surface area contributed by atoms with Gasteiger partial charge >= 0.3 is 5.97 Å². The average Bonchev–Trinajstić information content (AvgIpc) is 2.79. The van der Waals surface area contributed by atoms with Crippen LogP contribution in [0.25, 0.3) is 22.5 Å². The van der Waals surface area contributed by atoms with Crippen LogP contribution >= 0.6 is 43.6 Å². The third-order valence-electron chi connectivity index (χ3n) is 4.47. The molecule has 0 aliphatic heterocycles. The van der Waals surface area contributed by atoms with Crippen LogP contribution in [0.2, 0.25) is 0 Å². The molecule has 8 heteroatoms. The summed E-state index contributed by atoms with van der Waals surface area (Å²) in [6, 6.07) is 22.6. The number of nitrogens with zero attached hydrogens (tertiary/aromatic N) is 3. The van der Waals surface area contributed by atoms with Crippen molar-refractivity contribution in [2.45, 2.75) is 10.9 Å². The second kappa shape index (κ2) is 9.72. The van der Waals surface area contributed by atoms with Crippen molar-refractivity contribution in [3.05, 3.63) is 92.9 Å². The largest absolute Gasteiger partial charge is 0.478 e. The number of benzene rings is 3. The topological polar surface area (TPSA) is 76.0 Å². The predicted molar refractivity (Wildman–Crippen MR) is 129 cm³/mol. The molecule has 0 radical (unpaired) electrons. The highest BCUT2D eigenvalue weighted by molar-refractivity contribution is 9.10. The van der Waals surface area contributed by atoms with Gasteiger partial charge in [-0.3, -0.25) is 0 Å². The van der Waals surface area contributed by atoms with Crippen molar-refractivity contribution in [3.8, 4) is 22.5 Å². The third-order valence-corrected chi connectivity index (χ3v) is 6.44. The number of carboxylic acid groups (broad SMARTS) is 1. The molecule has 3 aromatic carbocycles. The summed E-state index contributed by atoms with van der Waals surface area (Å²) in [5.41, 5.74) is 4.60. The van der Waals surface area contributed by atoms with Crippen molar-refractivity contribution in [2.75, 3.05) is 0 Å². The average molecular weight is 557 g/mol. The lowest BCUT2D eigenvalue weighted by Crippen LogP contribution is -2.00. The number of halogens is 2. The highest BCUT2D eigenvalue weighted by Gasteiger charge is 2.14. The molecule has 154 valence electrons. The van der Waals surface area contributed by atoms with E-state index in [4.69, 9.17) is 10.1 Å². The van der Waals surface area contributed by atoms with E-state index >= 15 is 0 Å². The summed E-state index contributed by atoms with van der Waals surface area (Å²) in [7, 11) is 0. The highest BCUT2D eigenvalue weighted by atomic mass is 79.9. The Kier molecular flexibility index (Phi) is 6.80. The zero-order chi connectivity index (χ0) is 21.8. The van der Waals surface area contributed by atoms with E-state index in [-0.39, 0.29) is 5.56 Å². The molecule has 1 aromatic heterocycles. The lowest BCUT2D eigenvalue weighted by molar-refractivity contribution is 0.0697. The van der Waals surface area contributed by atoms with Crippen LogP contribution in [-0.4, -0.2) is 26.3 Å². The van der Waals surface area contributed by atoms with Crippen LogP contribution in [0.5, 0.6) is 0 Å². The minimum atomic E-state index is -0.936. The molecule has 4 rings (SSSR count). The van der Waals surface area contributed by atoms with Crippen LogP contribution in [0.15, 0.2) is 86.9 Å². The first-order chi connectivity index (χ1) is 15.0. The van der Waals surface area contributed by atoms with Gasteiger partial charge in [-0.25, -0.2) is 9.78 Å². The summed E-state index contributed by atoms with van der Waals surface area (Å²) in [6.45, 7) is 0. The molecule has 0 amide bonds. The minimum Gasteiger partial charge on any atom is -0.478 e. The molecule has 0 atom stereocenters. The van der Waals surface area contributed by atoms with Crippen molar-refractivity contribution >= 4 is 49.6 Å². The van der Waals surface area contributed by atoms with E-state index in [1.165, 1.54) is 11.8 Å². The molecule has 1 N–H and O–H groups in total. The van der Waals surface area contributed by atoms with Gasteiger partial charge in [-0.15, -0.1) is 10.2 Å².